The molecule has 5 heteroatoms. The van der Waals surface area contributed by atoms with E-state index >= 15 is 0 Å². The van der Waals surface area contributed by atoms with Crippen molar-refractivity contribution in [1.82, 2.24) is 5.32 Å². The van der Waals surface area contributed by atoms with E-state index in [1.807, 2.05) is 6.92 Å². The molecule has 1 aromatic carbocycles. The van der Waals surface area contributed by atoms with Crippen LogP contribution < -0.4 is 11.1 Å². The van der Waals surface area contributed by atoms with Crippen molar-refractivity contribution >= 4 is 23.5 Å². The van der Waals surface area contributed by atoms with Crippen molar-refractivity contribution < 1.29 is 4.79 Å². The van der Waals surface area contributed by atoms with Gasteiger partial charge in [-0.3, -0.25) is 15.1 Å². The van der Waals surface area contributed by atoms with E-state index in [4.69, 9.17) is 17.3 Å². The summed E-state index contributed by atoms with van der Waals surface area (Å²) in [4.78, 5) is 15.3. The largest absolute Gasteiger partial charge is 0.370 e. The van der Waals surface area contributed by atoms with Crippen LogP contribution in [0.1, 0.15) is 12.5 Å². The molecule has 1 rings (SSSR count). The second-order valence-corrected chi connectivity index (χ2v) is 3.65. The van der Waals surface area contributed by atoms with Gasteiger partial charge in [0.2, 0.25) is 5.91 Å². The molecule has 0 aliphatic carbocycles. The summed E-state index contributed by atoms with van der Waals surface area (Å²) in [5.41, 5.74) is 6.34. The fourth-order valence-corrected chi connectivity index (χ4v) is 1.31. The number of carbonyl (C=O) groups is 1. The number of guanidine groups is 1. The highest BCUT2D eigenvalue weighted by atomic mass is 35.5. The fraction of sp³-hybridized carbons (Fsp3) is 0.273. The average Bonchev–Trinajstić information content (AvgIpc) is 2.21. The Labute approximate surface area is 99.5 Å². The predicted octanol–water partition coefficient (Wildman–Crippen LogP) is 1.33. The lowest BCUT2D eigenvalue weighted by molar-refractivity contribution is -0.119. The minimum atomic E-state index is -0.183. The standard InChI is InChI=1S/C11H14ClN3O/c1-2-14-11(13)15-10(16)7-8-3-5-9(12)6-4-8/h3-6H,2,7H2,1H3,(H3,13,14,15,16). The number of nitrogens with one attached hydrogen (secondary N) is 1. The fourth-order valence-electron chi connectivity index (χ4n) is 1.18. The molecule has 0 aliphatic heterocycles. The van der Waals surface area contributed by atoms with Crippen molar-refractivity contribution in [3.05, 3.63) is 34.9 Å². The number of hydrogen-bond donors (Lipinski definition) is 2. The number of benzene rings is 1. The summed E-state index contributed by atoms with van der Waals surface area (Å²) in [5, 5.41) is 3.15. The Morgan fingerprint density at radius 3 is 2.62 bits per heavy atom. The molecule has 0 heterocycles. The van der Waals surface area contributed by atoms with E-state index in [1.165, 1.54) is 0 Å². The van der Waals surface area contributed by atoms with Crippen molar-refractivity contribution in [2.45, 2.75) is 13.3 Å². The average molecular weight is 240 g/mol. The third kappa shape index (κ3) is 4.31. The lowest BCUT2D eigenvalue weighted by Crippen LogP contribution is -2.37. The first kappa shape index (κ1) is 12.5. The summed E-state index contributed by atoms with van der Waals surface area (Å²) in [6.07, 6.45) is 0.261. The van der Waals surface area contributed by atoms with Crippen LogP contribution in [0.4, 0.5) is 0 Å². The van der Waals surface area contributed by atoms with Crippen LogP contribution >= 0.6 is 11.6 Å². The zero-order valence-corrected chi connectivity index (χ0v) is 9.79. The van der Waals surface area contributed by atoms with Gasteiger partial charge in [-0.25, -0.2) is 0 Å². The van der Waals surface area contributed by atoms with Gasteiger partial charge in [0.05, 0.1) is 6.42 Å². The second-order valence-electron chi connectivity index (χ2n) is 3.21. The van der Waals surface area contributed by atoms with Crippen LogP contribution in [0.2, 0.25) is 5.02 Å². The van der Waals surface area contributed by atoms with Gasteiger partial charge < -0.3 is 5.73 Å². The molecule has 86 valence electrons. The monoisotopic (exact) mass is 239 g/mol. The zero-order chi connectivity index (χ0) is 12.0. The van der Waals surface area contributed by atoms with E-state index < -0.39 is 0 Å². The summed E-state index contributed by atoms with van der Waals surface area (Å²) in [6, 6.07) is 7.09. The Hall–Kier alpha value is -1.55. The molecule has 0 spiro atoms. The Balaban J connectivity index is 2.52. The summed E-state index contributed by atoms with van der Waals surface area (Å²) < 4.78 is 0. The molecule has 4 nitrogen and oxygen atoms in total. The Bertz CT molecular complexity index is 387. The molecule has 0 aromatic heterocycles. The van der Waals surface area contributed by atoms with Crippen molar-refractivity contribution in [2.24, 2.45) is 10.7 Å². The molecule has 0 fully saturated rings. The lowest BCUT2D eigenvalue weighted by atomic mass is 10.1. The van der Waals surface area contributed by atoms with Gasteiger partial charge in [-0.05, 0) is 24.6 Å². The summed E-state index contributed by atoms with van der Waals surface area (Å²) in [7, 11) is 0. The molecule has 0 unspecified atom stereocenters. The van der Waals surface area contributed by atoms with Crippen LogP contribution in [0.5, 0.6) is 0 Å². The topological polar surface area (TPSA) is 67.5 Å². The van der Waals surface area contributed by atoms with E-state index in [0.717, 1.165) is 5.56 Å². The number of halogens is 1. The highest BCUT2D eigenvalue weighted by Crippen LogP contribution is 2.09. The van der Waals surface area contributed by atoms with Gasteiger partial charge in [0, 0.05) is 11.6 Å². The molecule has 0 radical (unpaired) electrons. The minimum absolute atomic E-state index is 0.154. The highest BCUT2D eigenvalue weighted by molar-refractivity contribution is 6.30. The van der Waals surface area contributed by atoms with E-state index in [0.29, 0.717) is 11.6 Å². The molecule has 0 saturated heterocycles. The van der Waals surface area contributed by atoms with Gasteiger partial charge >= 0.3 is 0 Å². The summed E-state index contributed by atoms with van der Waals surface area (Å²) in [6.45, 7) is 2.39. The first-order valence-corrected chi connectivity index (χ1v) is 5.34. The van der Waals surface area contributed by atoms with Gasteiger partial charge in [-0.2, -0.15) is 0 Å². The molecule has 1 aromatic rings. The van der Waals surface area contributed by atoms with Gasteiger partial charge in [0.15, 0.2) is 5.96 Å². The third-order valence-corrected chi connectivity index (χ3v) is 2.13. The molecule has 16 heavy (non-hydrogen) atoms. The summed E-state index contributed by atoms with van der Waals surface area (Å²) >= 11 is 5.73. The predicted molar refractivity (Wildman–Crippen MR) is 65.5 cm³/mol. The Morgan fingerprint density at radius 1 is 1.44 bits per heavy atom. The van der Waals surface area contributed by atoms with Crippen LogP contribution in [0, 0.1) is 0 Å². The quantitative estimate of drug-likeness (QED) is 0.617. The maximum absolute atomic E-state index is 11.5. The number of rotatable bonds is 3. The number of nitrogens with zero attached hydrogens (tertiary/aromatic N) is 1. The van der Waals surface area contributed by atoms with E-state index in [9.17, 15) is 4.79 Å². The molecule has 0 saturated carbocycles. The number of nitrogens with two attached hydrogens (primary N) is 1. The second kappa shape index (κ2) is 6.12. The van der Waals surface area contributed by atoms with Gasteiger partial charge in [0.25, 0.3) is 0 Å². The van der Waals surface area contributed by atoms with Gasteiger partial charge in [0.1, 0.15) is 0 Å². The summed E-state index contributed by atoms with van der Waals surface area (Å²) in [5.74, 6) is -0.0292. The van der Waals surface area contributed by atoms with Crippen LogP contribution in [0.15, 0.2) is 29.3 Å². The highest BCUT2D eigenvalue weighted by Gasteiger charge is 2.04. The van der Waals surface area contributed by atoms with Crippen LogP contribution in [-0.4, -0.2) is 18.4 Å². The Morgan fingerprint density at radius 2 is 2.06 bits per heavy atom. The molecule has 3 N–H and O–H groups in total. The maximum Gasteiger partial charge on any atom is 0.231 e. The molecular weight excluding hydrogens is 226 g/mol. The molecule has 0 aliphatic rings. The first-order chi connectivity index (χ1) is 7.61. The van der Waals surface area contributed by atoms with E-state index in [2.05, 4.69) is 10.3 Å². The number of hydrogen-bond acceptors (Lipinski definition) is 2. The third-order valence-electron chi connectivity index (χ3n) is 1.87. The van der Waals surface area contributed by atoms with Crippen molar-refractivity contribution in [3.63, 3.8) is 0 Å². The van der Waals surface area contributed by atoms with Crippen molar-refractivity contribution in [3.8, 4) is 0 Å². The maximum atomic E-state index is 11.5. The molecule has 0 bridgehead atoms. The normalized spacial score (nSPS) is 11.2. The SMILES string of the molecule is CCN=C(N)NC(=O)Cc1ccc(Cl)cc1. The van der Waals surface area contributed by atoms with Gasteiger partial charge in [-0.1, -0.05) is 23.7 Å². The molecule has 1 amide bonds. The zero-order valence-electron chi connectivity index (χ0n) is 9.03. The van der Waals surface area contributed by atoms with E-state index in [-0.39, 0.29) is 18.3 Å². The minimum Gasteiger partial charge on any atom is -0.370 e. The lowest BCUT2D eigenvalue weighted by Gasteiger charge is -2.04. The van der Waals surface area contributed by atoms with E-state index in [1.54, 1.807) is 24.3 Å². The van der Waals surface area contributed by atoms with Crippen LogP contribution in [-0.2, 0) is 11.2 Å². The Kier molecular flexibility index (Phi) is 4.79. The molecular formula is C11H14ClN3O. The van der Waals surface area contributed by atoms with Crippen molar-refractivity contribution in [2.75, 3.05) is 6.54 Å². The molecule has 0 atom stereocenters. The number of amides is 1. The van der Waals surface area contributed by atoms with Crippen LogP contribution in [0.3, 0.4) is 0 Å². The number of aliphatic imine (C=N–C) groups is 1. The first-order valence-electron chi connectivity index (χ1n) is 4.96. The van der Waals surface area contributed by atoms with Crippen LogP contribution in [0.25, 0.3) is 0 Å². The van der Waals surface area contributed by atoms with Gasteiger partial charge in [-0.15, -0.1) is 0 Å². The number of carbonyl (C=O) groups excluding carboxylic acids is 1. The smallest absolute Gasteiger partial charge is 0.231 e. The van der Waals surface area contributed by atoms with Crippen molar-refractivity contribution in [1.29, 1.82) is 0 Å².